The summed E-state index contributed by atoms with van der Waals surface area (Å²) in [5.74, 6) is 5.93. The highest BCUT2D eigenvalue weighted by atomic mass is 14.8. The lowest BCUT2D eigenvalue weighted by Crippen LogP contribution is -2.71. The summed E-state index contributed by atoms with van der Waals surface area (Å²) < 4.78 is 0. The molecule has 18 heavy (non-hydrogen) atoms. The van der Waals surface area contributed by atoms with E-state index in [0.29, 0.717) is 10.8 Å². The molecule has 7 aliphatic carbocycles. The van der Waals surface area contributed by atoms with E-state index in [9.17, 15) is 0 Å². The van der Waals surface area contributed by atoms with Crippen LogP contribution in [-0.2, 0) is 0 Å². The van der Waals surface area contributed by atoms with E-state index in [1.54, 1.807) is 0 Å². The van der Waals surface area contributed by atoms with Crippen molar-refractivity contribution in [1.82, 2.24) is 0 Å². The fraction of sp³-hybridized carbons (Fsp3) is 0.778. The fourth-order valence-electron chi connectivity index (χ4n) is 7.92. The van der Waals surface area contributed by atoms with E-state index in [2.05, 4.69) is 25.3 Å². The van der Waals surface area contributed by atoms with Gasteiger partial charge in [-0.15, -0.1) is 13.2 Å². The van der Waals surface area contributed by atoms with Gasteiger partial charge in [0.25, 0.3) is 0 Å². The zero-order chi connectivity index (χ0) is 12.1. The SMILES string of the molecule is C=CC12CC3CC4C1CC1CC2C(C3)C4(C=C)C1. The molecule has 96 valence electrons. The maximum absolute atomic E-state index is 4.30. The van der Waals surface area contributed by atoms with Gasteiger partial charge >= 0.3 is 0 Å². The minimum Gasteiger partial charge on any atom is -0.103 e. The highest BCUT2D eigenvalue weighted by Crippen LogP contribution is 2.80. The molecule has 0 aromatic rings. The van der Waals surface area contributed by atoms with Crippen LogP contribution in [0.25, 0.3) is 0 Å². The molecular formula is C18H24. The third-order valence-electron chi connectivity index (χ3n) is 8.13. The number of rotatable bonds is 2. The van der Waals surface area contributed by atoms with Crippen molar-refractivity contribution in [3.8, 4) is 0 Å². The summed E-state index contributed by atoms with van der Waals surface area (Å²) in [5, 5.41) is 0. The quantitative estimate of drug-likeness (QED) is 0.626. The topological polar surface area (TPSA) is 0 Å². The Bertz CT molecular complexity index is 379. The number of allylic oxidation sites excluding steroid dienone is 2. The van der Waals surface area contributed by atoms with Crippen molar-refractivity contribution in [2.24, 2.45) is 46.3 Å². The molecule has 7 fully saturated rings. The van der Waals surface area contributed by atoms with Crippen LogP contribution in [-0.4, -0.2) is 0 Å². The first kappa shape index (κ1) is 10.3. The van der Waals surface area contributed by atoms with E-state index in [-0.39, 0.29) is 0 Å². The van der Waals surface area contributed by atoms with Crippen molar-refractivity contribution in [1.29, 1.82) is 0 Å². The first-order chi connectivity index (χ1) is 8.73. The third-order valence-corrected chi connectivity index (χ3v) is 8.13. The van der Waals surface area contributed by atoms with Crippen molar-refractivity contribution < 1.29 is 0 Å². The molecule has 4 atom stereocenters. The second-order valence-electron chi connectivity index (χ2n) is 8.14. The molecule has 0 N–H and O–H groups in total. The summed E-state index contributed by atoms with van der Waals surface area (Å²) in [4.78, 5) is 0. The lowest BCUT2D eigenvalue weighted by Gasteiger charge is -2.77. The molecule has 0 heteroatoms. The minimum absolute atomic E-state index is 0.555. The van der Waals surface area contributed by atoms with Crippen LogP contribution >= 0.6 is 0 Å². The van der Waals surface area contributed by atoms with Crippen LogP contribution < -0.4 is 0 Å². The molecule has 0 spiro atoms. The van der Waals surface area contributed by atoms with Crippen LogP contribution in [0.5, 0.6) is 0 Å². The summed E-state index contributed by atoms with van der Waals surface area (Å²) in [6, 6.07) is 0. The molecule has 4 unspecified atom stereocenters. The van der Waals surface area contributed by atoms with Crippen LogP contribution in [0.4, 0.5) is 0 Å². The molecule has 0 aromatic carbocycles. The average molecular weight is 240 g/mol. The first-order valence-electron chi connectivity index (χ1n) is 8.00. The van der Waals surface area contributed by atoms with Gasteiger partial charge < -0.3 is 0 Å². The van der Waals surface area contributed by atoms with E-state index in [0.717, 1.165) is 35.5 Å². The lowest BCUT2D eigenvalue weighted by atomic mass is 9.27. The molecule has 0 aromatic heterocycles. The van der Waals surface area contributed by atoms with E-state index >= 15 is 0 Å². The molecule has 8 bridgehead atoms. The summed E-state index contributed by atoms with van der Waals surface area (Å²) in [6.07, 6.45) is 13.9. The maximum atomic E-state index is 4.30. The average Bonchev–Trinajstić information content (AvgIpc) is 2.43. The summed E-state index contributed by atoms with van der Waals surface area (Å²) in [7, 11) is 0. The second-order valence-corrected chi connectivity index (χ2v) is 8.14. The van der Waals surface area contributed by atoms with Gasteiger partial charge in [-0.25, -0.2) is 0 Å². The fourth-order valence-corrected chi connectivity index (χ4v) is 7.92. The van der Waals surface area contributed by atoms with Gasteiger partial charge in [-0.2, -0.15) is 0 Å². The Kier molecular flexibility index (Phi) is 1.61. The van der Waals surface area contributed by atoms with Crippen LogP contribution in [0.3, 0.4) is 0 Å². The molecule has 0 amide bonds. The van der Waals surface area contributed by atoms with E-state index in [4.69, 9.17) is 0 Å². The molecular weight excluding hydrogens is 216 g/mol. The molecule has 0 aliphatic heterocycles. The maximum Gasteiger partial charge on any atom is -0.00557 e. The van der Waals surface area contributed by atoms with Gasteiger partial charge in [-0.1, -0.05) is 12.2 Å². The van der Waals surface area contributed by atoms with Crippen LogP contribution in [0.15, 0.2) is 25.3 Å². The standard InChI is InChI=1S/C18H24/c1-3-17-9-11-7-15-13(17)5-12-6-14(17)16(8-11)18(15,4-2)10-12/h3-4,11-16H,1-2,5-10H2. The molecule has 0 nitrogen and oxygen atoms in total. The Morgan fingerprint density at radius 1 is 0.667 bits per heavy atom. The third kappa shape index (κ3) is 0.805. The van der Waals surface area contributed by atoms with Crippen molar-refractivity contribution in [3.05, 3.63) is 25.3 Å². The van der Waals surface area contributed by atoms with Gasteiger partial charge in [-0.05, 0) is 84.9 Å². The first-order valence-corrected chi connectivity index (χ1v) is 8.00. The largest absolute Gasteiger partial charge is 0.103 e. The highest BCUT2D eigenvalue weighted by Gasteiger charge is 2.73. The molecule has 7 rings (SSSR count). The van der Waals surface area contributed by atoms with E-state index < -0.39 is 0 Å². The summed E-state index contributed by atoms with van der Waals surface area (Å²) in [5.41, 5.74) is 1.11. The van der Waals surface area contributed by atoms with Crippen LogP contribution in [0.1, 0.15) is 38.5 Å². The van der Waals surface area contributed by atoms with Crippen LogP contribution in [0, 0.1) is 46.3 Å². The van der Waals surface area contributed by atoms with Crippen molar-refractivity contribution >= 4 is 0 Å². The Morgan fingerprint density at radius 3 is 1.28 bits per heavy atom. The number of hydrogen-bond acceptors (Lipinski definition) is 0. The van der Waals surface area contributed by atoms with Crippen LogP contribution in [0.2, 0.25) is 0 Å². The van der Waals surface area contributed by atoms with Crippen molar-refractivity contribution in [3.63, 3.8) is 0 Å². The minimum atomic E-state index is 0.555. The number of hydrogen-bond donors (Lipinski definition) is 0. The second kappa shape index (κ2) is 2.81. The Hall–Kier alpha value is -0.520. The Morgan fingerprint density at radius 2 is 1.00 bits per heavy atom. The highest BCUT2D eigenvalue weighted by molar-refractivity contribution is 5.29. The lowest BCUT2D eigenvalue weighted by molar-refractivity contribution is -0.265. The molecule has 7 aliphatic rings. The normalized spacial score (nSPS) is 66.4. The molecule has 7 saturated carbocycles. The van der Waals surface area contributed by atoms with Crippen molar-refractivity contribution in [2.45, 2.75) is 38.5 Å². The monoisotopic (exact) mass is 240 g/mol. The molecule has 0 radical (unpaired) electrons. The zero-order valence-corrected chi connectivity index (χ0v) is 11.3. The van der Waals surface area contributed by atoms with E-state index in [1.165, 1.54) is 38.5 Å². The van der Waals surface area contributed by atoms with Gasteiger partial charge in [-0.3, -0.25) is 0 Å². The molecule has 0 saturated heterocycles. The predicted octanol–water partition coefficient (Wildman–Crippen LogP) is 4.44. The Balaban J connectivity index is 1.77. The van der Waals surface area contributed by atoms with Gasteiger partial charge in [0.15, 0.2) is 0 Å². The smallest absolute Gasteiger partial charge is 0.00557 e. The van der Waals surface area contributed by atoms with Gasteiger partial charge in [0.1, 0.15) is 0 Å². The van der Waals surface area contributed by atoms with E-state index in [1.807, 2.05) is 0 Å². The predicted molar refractivity (Wildman–Crippen MR) is 73.9 cm³/mol. The molecule has 0 heterocycles. The van der Waals surface area contributed by atoms with Gasteiger partial charge in [0.2, 0.25) is 0 Å². The summed E-state index contributed by atoms with van der Waals surface area (Å²) in [6.45, 7) is 8.59. The summed E-state index contributed by atoms with van der Waals surface area (Å²) >= 11 is 0. The van der Waals surface area contributed by atoms with Crippen molar-refractivity contribution in [2.75, 3.05) is 0 Å². The zero-order valence-electron chi connectivity index (χ0n) is 11.3. The van der Waals surface area contributed by atoms with Gasteiger partial charge in [0, 0.05) is 0 Å². The Labute approximate surface area is 111 Å². The van der Waals surface area contributed by atoms with Gasteiger partial charge in [0.05, 0.1) is 0 Å².